The Balaban J connectivity index is 1.54. The van der Waals surface area contributed by atoms with Crippen molar-refractivity contribution in [1.29, 1.82) is 0 Å². The summed E-state index contributed by atoms with van der Waals surface area (Å²) in [7, 11) is 0. The Kier molecular flexibility index (Phi) is 5.61. The van der Waals surface area contributed by atoms with Crippen LogP contribution in [0, 0.1) is 0 Å². The van der Waals surface area contributed by atoms with E-state index in [-0.39, 0.29) is 27.4 Å². The van der Waals surface area contributed by atoms with E-state index in [1.54, 1.807) is 24.3 Å². The van der Waals surface area contributed by atoms with Gasteiger partial charge in [-0.2, -0.15) is 28.5 Å². The van der Waals surface area contributed by atoms with Crippen LogP contribution in [0.4, 0.5) is 18.9 Å². The predicted molar refractivity (Wildman–Crippen MR) is 121 cm³/mol. The van der Waals surface area contributed by atoms with Gasteiger partial charge in [0.2, 0.25) is 0 Å². The van der Waals surface area contributed by atoms with E-state index >= 15 is 0 Å². The average Bonchev–Trinajstić information content (AvgIpc) is 3.50. The number of carbonyl (C=O) groups excluding carboxylic acids is 1. The number of fused-ring (bicyclic) bond motifs is 1. The molecule has 0 saturated carbocycles. The predicted octanol–water partition coefficient (Wildman–Crippen LogP) is 4.97. The summed E-state index contributed by atoms with van der Waals surface area (Å²) in [5, 5.41) is 15.0. The fourth-order valence-electron chi connectivity index (χ4n) is 3.45. The van der Waals surface area contributed by atoms with Crippen LogP contribution < -0.4 is 5.32 Å². The normalized spacial score (nSPS) is 11.7. The van der Waals surface area contributed by atoms with Gasteiger partial charge in [0, 0.05) is 10.8 Å². The third-order valence-corrected chi connectivity index (χ3v) is 5.50. The number of amides is 1. The molecule has 35 heavy (non-hydrogen) atoms. The molecule has 0 atom stereocenters. The molecule has 0 aliphatic heterocycles. The summed E-state index contributed by atoms with van der Waals surface area (Å²) in [5.74, 6) is -0.877. The molecular formula is C21H11Cl2F3N8O. The van der Waals surface area contributed by atoms with Crippen LogP contribution >= 0.6 is 23.2 Å². The number of hydrogen-bond acceptors (Lipinski definition) is 6. The first kappa shape index (κ1) is 22.7. The fourth-order valence-corrected chi connectivity index (χ4v) is 3.91. The molecule has 0 spiro atoms. The summed E-state index contributed by atoms with van der Waals surface area (Å²) in [5.41, 5.74) is -1.90. The van der Waals surface area contributed by atoms with Crippen molar-refractivity contribution in [2.24, 2.45) is 0 Å². The van der Waals surface area contributed by atoms with Gasteiger partial charge in [-0.3, -0.25) is 4.79 Å². The monoisotopic (exact) mass is 518 g/mol. The maximum absolute atomic E-state index is 14.1. The molecule has 1 N–H and O–H groups in total. The van der Waals surface area contributed by atoms with Crippen LogP contribution in [-0.2, 0) is 6.18 Å². The molecule has 5 aromatic rings. The van der Waals surface area contributed by atoms with Gasteiger partial charge in [0.25, 0.3) is 5.91 Å². The molecule has 4 heterocycles. The van der Waals surface area contributed by atoms with Crippen molar-refractivity contribution in [1.82, 2.24) is 34.7 Å². The number of rotatable bonds is 4. The SMILES string of the molecule is O=C(Nc1cnc(-n2nccn2)c(Cl)c1)c1cnn(-c2cnc(Cl)c3ccccc23)c1C(F)(F)F. The molecule has 4 aromatic heterocycles. The van der Waals surface area contributed by atoms with Crippen LogP contribution in [0.1, 0.15) is 16.1 Å². The first-order valence-electron chi connectivity index (χ1n) is 9.76. The van der Waals surface area contributed by atoms with Crippen molar-refractivity contribution >= 4 is 45.6 Å². The second kappa shape index (κ2) is 8.64. The maximum atomic E-state index is 14.1. The summed E-state index contributed by atoms with van der Waals surface area (Å²) in [6.07, 6.45) is 1.14. The molecule has 1 aromatic carbocycles. The van der Waals surface area contributed by atoms with E-state index in [4.69, 9.17) is 23.2 Å². The van der Waals surface area contributed by atoms with E-state index in [0.717, 1.165) is 11.0 Å². The minimum Gasteiger partial charge on any atom is -0.320 e. The summed E-state index contributed by atoms with van der Waals surface area (Å²) in [6.45, 7) is 0. The van der Waals surface area contributed by atoms with Gasteiger partial charge in [0.1, 0.15) is 5.15 Å². The smallest absolute Gasteiger partial charge is 0.320 e. The third-order valence-electron chi connectivity index (χ3n) is 4.92. The molecule has 1 amide bonds. The first-order chi connectivity index (χ1) is 16.7. The number of halogens is 5. The number of pyridine rings is 2. The Hall–Kier alpha value is -4.03. The first-order valence-corrected chi connectivity index (χ1v) is 10.5. The summed E-state index contributed by atoms with van der Waals surface area (Å²) >= 11 is 12.3. The van der Waals surface area contributed by atoms with Crippen LogP contribution in [0.25, 0.3) is 22.3 Å². The fraction of sp³-hybridized carbons (Fsp3) is 0.0476. The molecule has 9 nitrogen and oxygen atoms in total. The van der Waals surface area contributed by atoms with Crippen LogP contribution in [0.15, 0.2) is 61.3 Å². The minimum absolute atomic E-state index is 0.0113. The molecule has 0 aliphatic carbocycles. The number of nitrogens with one attached hydrogen (secondary N) is 1. The van der Waals surface area contributed by atoms with E-state index in [1.165, 1.54) is 30.9 Å². The molecular weight excluding hydrogens is 508 g/mol. The second-order valence-electron chi connectivity index (χ2n) is 7.10. The molecule has 0 aliphatic rings. The van der Waals surface area contributed by atoms with Gasteiger partial charge in [0.05, 0.1) is 52.9 Å². The van der Waals surface area contributed by atoms with Gasteiger partial charge in [-0.1, -0.05) is 47.5 Å². The third kappa shape index (κ3) is 4.17. The maximum Gasteiger partial charge on any atom is 0.434 e. The van der Waals surface area contributed by atoms with Crippen molar-refractivity contribution in [3.05, 3.63) is 82.7 Å². The standard InChI is InChI=1S/C21H11Cl2F3N8O/c22-15-7-11(8-28-19(15)34-29-5-6-30-34)32-20(35)14-9-31-33(17(14)21(24,25)26)16-10-27-18(23)13-4-2-1-3-12(13)16/h1-10H,(H,32,35). The molecule has 0 radical (unpaired) electrons. The zero-order chi connectivity index (χ0) is 24.7. The molecule has 176 valence electrons. The number of hydrogen-bond donors (Lipinski definition) is 1. The van der Waals surface area contributed by atoms with E-state index < -0.39 is 23.3 Å². The summed E-state index contributed by atoms with van der Waals surface area (Å²) in [4.78, 5) is 22.1. The zero-order valence-electron chi connectivity index (χ0n) is 17.2. The molecule has 0 saturated heterocycles. The Morgan fingerprint density at radius 2 is 1.66 bits per heavy atom. The number of nitrogens with zero attached hydrogens (tertiary/aromatic N) is 7. The highest BCUT2D eigenvalue weighted by molar-refractivity contribution is 6.34. The minimum atomic E-state index is -4.92. The van der Waals surface area contributed by atoms with Crippen molar-refractivity contribution < 1.29 is 18.0 Å². The summed E-state index contributed by atoms with van der Waals surface area (Å²) < 4.78 is 43.1. The van der Waals surface area contributed by atoms with E-state index in [0.29, 0.717) is 15.5 Å². The van der Waals surface area contributed by atoms with Gasteiger partial charge in [0.15, 0.2) is 11.5 Å². The number of benzene rings is 1. The topological polar surface area (TPSA) is 103 Å². The lowest BCUT2D eigenvalue weighted by atomic mass is 10.1. The van der Waals surface area contributed by atoms with E-state index in [1.807, 2.05) is 0 Å². The lowest BCUT2D eigenvalue weighted by Gasteiger charge is -2.14. The van der Waals surface area contributed by atoms with E-state index in [9.17, 15) is 18.0 Å². The second-order valence-corrected chi connectivity index (χ2v) is 7.86. The van der Waals surface area contributed by atoms with Gasteiger partial charge < -0.3 is 5.32 Å². The van der Waals surface area contributed by atoms with Crippen molar-refractivity contribution in [3.63, 3.8) is 0 Å². The lowest BCUT2D eigenvalue weighted by molar-refractivity contribution is -0.143. The quantitative estimate of drug-likeness (QED) is 0.336. The average molecular weight is 519 g/mol. The number of carbonyl (C=O) groups is 1. The van der Waals surface area contributed by atoms with Crippen LogP contribution in [0.5, 0.6) is 0 Å². The highest BCUT2D eigenvalue weighted by Gasteiger charge is 2.41. The van der Waals surface area contributed by atoms with Crippen molar-refractivity contribution in [2.75, 3.05) is 5.32 Å². The Morgan fingerprint density at radius 3 is 2.34 bits per heavy atom. The Bertz CT molecular complexity index is 1570. The molecule has 5 rings (SSSR count). The van der Waals surface area contributed by atoms with Crippen LogP contribution in [-0.4, -0.2) is 40.6 Å². The summed E-state index contributed by atoms with van der Waals surface area (Å²) in [6, 6.07) is 7.85. The van der Waals surface area contributed by atoms with Crippen molar-refractivity contribution in [2.45, 2.75) is 6.18 Å². The van der Waals surface area contributed by atoms with Gasteiger partial charge in [-0.15, -0.1) is 4.80 Å². The van der Waals surface area contributed by atoms with Gasteiger partial charge in [-0.05, 0) is 6.07 Å². The van der Waals surface area contributed by atoms with E-state index in [2.05, 4.69) is 30.6 Å². The number of alkyl halides is 3. The molecule has 0 unspecified atom stereocenters. The Labute approximate surface area is 204 Å². The van der Waals surface area contributed by atoms with Crippen LogP contribution in [0.3, 0.4) is 0 Å². The largest absolute Gasteiger partial charge is 0.434 e. The van der Waals surface area contributed by atoms with Gasteiger partial charge in [-0.25, -0.2) is 14.6 Å². The highest BCUT2D eigenvalue weighted by Crippen LogP contribution is 2.36. The molecule has 0 bridgehead atoms. The van der Waals surface area contributed by atoms with Crippen LogP contribution in [0.2, 0.25) is 10.2 Å². The Morgan fingerprint density at radius 1 is 0.943 bits per heavy atom. The lowest BCUT2D eigenvalue weighted by Crippen LogP contribution is -2.21. The highest BCUT2D eigenvalue weighted by atomic mass is 35.5. The molecule has 0 fully saturated rings. The molecule has 14 heteroatoms. The zero-order valence-corrected chi connectivity index (χ0v) is 18.7. The number of anilines is 1. The van der Waals surface area contributed by atoms with Crippen molar-refractivity contribution in [3.8, 4) is 11.5 Å². The van der Waals surface area contributed by atoms with Gasteiger partial charge >= 0.3 is 6.18 Å². The number of aromatic nitrogens is 7.